The summed E-state index contributed by atoms with van der Waals surface area (Å²) in [7, 11) is 3.24. The topological polar surface area (TPSA) is 77.0 Å². The lowest BCUT2D eigenvalue weighted by molar-refractivity contribution is 0.135. The fourth-order valence-electron chi connectivity index (χ4n) is 3.81. The number of benzene rings is 1. The van der Waals surface area contributed by atoms with Crippen LogP contribution in [-0.2, 0) is 11.2 Å². The van der Waals surface area contributed by atoms with Crippen molar-refractivity contribution in [3.05, 3.63) is 42.2 Å². The maximum atomic E-state index is 12.3. The number of methoxy groups -OCH3 is 2. The Bertz CT molecular complexity index is 829. The van der Waals surface area contributed by atoms with Crippen LogP contribution >= 0.6 is 0 Å². The number of ether oxygens (including phenoxy) is 3. The molecule has 1 aromatic heterocycles. The molecule has 28 heavy (non-hydrogen) atoms. The first kappa shape index (κ1) is 18.3. The quantitative estimate of drug-likeness (QED) is 0.724. The predicted octanol–water partition coefficient (Wildman–Crippen LogP) is 2.14. The molecule has 148 valence electrons. The maximum Gasteiger partial charge on any atom is 0.410 e. The highest BCUT2D eigenvalue weighted by Gasteiger charge is 2.47. The van der Waals surface area contributed by atoms with Gasteiger partial charge in [0.2, 0.25) is 5.88 Å². The van der Waals surface area contributed by atoms with Gasteiger partial charge in [-0.05, 0) is 30.5 Å². The first-order valence-electron chi connectivity index (χ1n) is 9.39. The van der Waals surface area contributed by atoms with Crippen molar-refractivity contribution in [2.24, 2.45) is 0 Å². The molecule has 1 aromatic carbocycles. The largest absolute Gasteiger partial charge is 0.497 e. The van der Waals surface area contributed by atoms with Crippen molar-refractivity contribution < 1.29 is 19.0 Å². The second kappa shape index (κ2) is 7.92. The Hall–Kier alpha value is -3.03. The molecule has 0 aliphatic carbocycles. The Morgan fingerprint density at radius 3 is 2.71 bits per heavy atom. The van der Waals surface area contributed by atoms with Gasteiger partial charge in [-0.1, -0.05) is 12.1 Å². The molecule has 2 atom stereocenters. The standard InChI is InChI=1S/C20H24N4O4/c1-26-15-7-5-14(6-8-15)4-3-9-24-16-11-23(12-17(16)28-20(24)25)18-10-19(27-2)22-13-21-18/h5-8,10,13,16-17H,3-4,9,11-12H2,1-2H3/t16-,17+/m0/s1. The van der Waals surface area contributed by atoms with Crippen LogP contribution in [0.1, 0.15) is 12.0 Å². The van der Waals surface area contributed by atoms with E-state index < -0.39 is 0 Å². The summed E-state index contributed by atoms with van der Waals surface area (Å²) < 4.78 is 16.0. The minimum absolute atomic E-state index is 0.0457. The van der Waals surface area contributed by atoms with Gasteiger partial charge in [0.1, 0.15) is 24.0 Å². The van der Waals surface area contributed by atoms with E-state index in [0.29, 0.717) is 25.5 Å². The van der Waals surface area contributed by atoms with E-state index in [1.807, 2.05) is 17.0 Å². The SMILES string of the molecule is COc1ccc(CCCN2C(=O)O[C@@H]3CN(c4cc(OC)ncn4)C[C@@H]32)cc1. The van der Waals surface area contributed by atoms with Crippen molar-refractivity contribution in [2.75, 3.05) is 38.8 Å². The lowest BCUT2D eigenvalue weighted by atomic mass is 10.1. The number of carbonyl (C=O) groups excluding carboxylic acids is 1. The number of rotatable bonds is 7. The molecule has 0 saturated carbocycles. The van der Waals surface area contributed by atoms with Gasteiger partial charge in [0.25, 0.3) is 0 Å². The second-order valence-corrected chi connectivity index (χ2v) is 6.96. The average molecular weight is 384 g/mol. The number of hydrogen-bond acceptors (Lipinski definition) is 7. The molecule has 2 aliphatic rings. The molecule has 2 aliphatic heterocycles. The normalized spacial score (nSPS) is 20.9. The average Bonchev–Trinajstić information content (AvgIpc) is 3.26. The Kier molecular flexibility index (Phi) is 5.18. The van der Waals surface area contributed by atoms with E-state index in [1.165, 1.54) is 11.9 Å². The highest BCUT2D eigenvalue weighted by atomic mass is 16.6. The molecule has 3 heterocycles. The summed E-state index contributed by atoms with van der Waals surface area (Å²) in [6.45, 7) is 2.00. The molecule has 2 aromatic rings. The summed E-state index contributed by atoms with van der Waals surface area (Å²) in [5, 5.41) is 0. The van der Waals surface area contributed by atoms with E-state index in [0.717, 1.165) is 24.4 Å². The van der Waals surface area contributed by atoms with Crippen LogP contribution in [0.3, 0.4) is 0 Å². The molecule has 0 bridgehead atoms. The summed E-state index contributed by atoms with van der Waals surface area (Å²) in [6.07, 6.45) is 2.92. The van der Waals surface area contributed by atoms with E-state index >= 15 is 0 Å². The van der Waals surface area contributed by atoms with Crippen molar-refractivity contribution >= 4 is 11.9 Å². The van der Waals surface area contributed by atoms with Gasteiger partial charge in [-0.3, -0.25) is 4.90 Å². The number of nitrogens with zero attached hydrogens (tertiary/aromatic N) is 4. The van der Waals surface area contributed by atoms with Gasteiger partial charge in [0.05, 0.1) is 26.8 Å². The van der Waals surface area contributed by atoms with Gasteiger partial charge in [0.15, 0.2) is 0 Å². The van der Waals surface area contributed by atoms with Gasteiger partial charge in [-0.15, -0.1) is 0 Å². The zero-order chi connectivity index (χ0) is 19.5. The first-order chi connectivity index (χ1) is 13.7. The van der Waals surface area contributed by atoms with E-state index in [-0.39, 0.29) is 18.2 Å². The number of carbonyl (C=O) groups is 1. The molecule has 1 amide bonds. The van der Waals surface area contributed by atoms with Crippen LogP contribution in [0.2, 0.25) is 0 Å². The first-order valence-corrected chi connectivity index (χ1v) is 9.39. The predicted molar refractivity (Wildman–Crippen MR) is 103 cm³/mol. The number of aromatic nitrogens is 2. The van der Waals surface area contributed by atoms with Crippen molar-refractivity contribution in [2.45, 2.75) is 25.0 Å². The Balaban J connectivity index is 1.35. The summed E-state index contributed by atoms with van der Waals surface area (Å²) in [6, 6.07) is 9.88. The van der Waals surface area contributed by atoms with Gasteiger partial charge >= 0.3 is 6.09 Å². The minimum Gasteiger partial charge on any atom is -0.497 e. The number of fused-ring (bicyclic) bond motifs is 1. The third-order valence-electron chi connectivity index (χ3n) is 5.31. The molecular weight excluding hydrogens is 360 g/mol. The third-order valence-corrected chi connectivity index (χ3v) is 5.31. The van der Waals surface area contributed by atoms with Crippen molar-refractivity contribution in [3.8, 4) is 11.6 Å². The summed E-state index contributed by atoms with van der Waals surface area (Å²) >= 11 is 0. The van der Waals surface area contributed by atoms with Crippen LogP contribution in [0, 0.1) is 0 Å². The number of anilines is 1. The Labute approximate surface area is 164 Å². The molecule has 0 N–H and O–H groups in total. The van der Waals surface area contributed by atoms with Gasteiger partial charge in [0, 0.05) is 19.2 Å². The van der Waals surface area contributed by atoms with Crippen LogP contribution in [0.15, 0.2) is 36.7 Å². The molecule has 0 spiro atoms. The lowest BCUT2D eigenvalue weighted by Gasteiger charge is -2.23. The highest BCUT2D eigenvalue weighted by molar-refractivity contribution is 5.71. The Morgan fingerprint density at radius 2 is 1.96 bits per heavy atom. The van der Waals surface area contributed by atoms with Crippen molar-refractivity contribution in [1.29, 1.82) is 0 Å². The molecule has 8 nitrogen and oxygen atoms in total. The van der Waals surface area contributed by atoms with Crippen LogP contribution in [0.4, 0.5) is 10.6 Å². The van der Waals surface area contributed by atoms with Crippen LogP contribution < -0.4 is 14.4 Å². The monoisotopic (exact) mass is 384 g/mol. The van der Waals surface area contributed by atoms with Crippen LogP contribution in [0.5, 0.6) is 11.6 Å². The maximum absolute atomic E-state index is 12.3. The summed E-state index contributed by atoms with van der Waals surface area (Å²) in [4.78, 5) is 24.6. The van der Waals surface area contributed by atoms with Gasteiger partial charge < -0.3 is 19.1 Å². The summed E-state index contributed by atoms with van der Waals surface area (Å²) in [5.41, 5.74) is 1.23. The summed E-state index contributed by atoms with van der Waals surface area (Å²) in [5.74, 6) is 2.16. The van der Waals surface area contributed by atoms with E-state index in [2.05, 4.69) is 27.0 Å². The fourth-order valence-corrected chi connectivity index (χ4v) is 3.81. The molecular formula is C20H24N4O4. The van der Waals surface area contributed by atoms with E-state index in [1.54, 1.807) is 20.3 Å². The molecule has 2 fully saturated rings. The van der Waals surface area contributed by atoms with E-state index in [9.17, 15) is 4.79 Å². The fraction of sp³-hybridized carbons (Fsp3) is 0.450. The molecule has 2 saturated heterocycles. The number of aryl methyl sites for hydroxylation is 1. The Morgan fingerprint density at radius 1 is 1.14 bits per heavy atom. The van der Waals surface area contributed by atoms with Gasteiger partial charge in [-0.25, -0.2) is 14.8 Å². The highest BCUT2D eigenvalue weighted by Crippen LogP contribution is 2.30. The molecule has 0 unspecified atom stereocenters. The zero-order valence-corrected chi connectivity index (χ0v) is 16.1. The number of hydrogen-bond donors (Lipinski definition) is 0. The molecule has 4 rings (SSSR count). The van der Waals surface area contributed by atoms with Crippen LogP contribution in [0.25, 0.3) is 0 Å². The van der Waals surface area contributed by atoms with E-state index in [4.69, 9.17) is 14.2 Å². The zero-order valence-electron chi connectivity index (χ0n) is 16.1. The smallest absolute Gasteiger partial charge is 0.410 e. The third kappa shape index (κ3) is 3.67. The van der Waals surface area contributed by atoms with Crippen molar-refractivity contribution in [1.82, 2.24) is 14.9 Å². The molecule has 0 radical (unpaired) electrons. The van der Waals surface area contributed by atoms with Gasteiger partial charge in [-0.2, -0.15) is 0 Å². The second-order valence-electron chi connectivity index (χ2n) is 6.96. The minimum atomic E-state index is -0.218. The molecule has 8 heteroatoms. The van der Waals surface area contributed by atoms with Crippen molar-refractivity contribution in [3.63, 3.8) is 0 Å². The number of amides is 1. The lowest BCUT2D eigenvalue weighted by Crippen LogP contribution is -2.38. The van der Waals surface area contributed by atoms with Crippen LogP contribution in [-0.4, -0.2) is 67.0 Å².